The number of benzene rings is 1. The van der Waals surface area contributed by atoms with Gasteiger partial charge in [-0.15, -0.1) is 0 Å². The van der Waals surface area contributed by atoms with Crippen LogP contribution in [-0.2, 0) is 11.3 Å². The molecule has 0 unspecified atom stereocenters. The van der Waals surface area contributed by atoms with Crippen LogP contribution in [0.1, 0.15) is 23.4 Å². The number of anilines is 1. The highest BCUT2D eigenvalue weighted by atomic mass is 16.2. The summed E-state index contributed by atoms with van der Waals surface area (Å²) < 4.78 is 2.03. The van der Waals surface area contributed by atoms with E-state index in [1.165, 1.54) is 16.8 Å². The van der Waals surface area contributed by atoms with E-state index in [1.54, 1.807) is 6.20 Å². The van der Waals surface area contributed by atoms with Crippen molar-refractivity contribution in [2.75, 3.05) is 31.1 Å². The second kappa shape index (κ2) is 7.07. The molecule has 1 fully saturated rings. The highest BCUT2D eigenvalue weighted by Crippen LogP contribution is 2.22. The van der Waals surface area contributed by atoms with Gasteiger partial charge in [-0.3, -0.25) is 4.79 Å². The average Bonchev–Trinajstić information content (AvgIpc) is 2.98. The molecule has 24 heavy (non-hydrogen) atoms. The zero-order chi connectivity index (χ0) is 17.1. The van der Waals surface area contributed by atoms with Gasteiger partial charge in [0.15, 0.2) is 0 Å². The highest BCUT2D eigenvalue weighted by molar-refractivity contribution is 5.76. The van der Waals surface area contributed by atoms with Crippen molar-refractivity contribution in [2.24, 2.45) is 0 Å². The summed E-state index contributed by atoms with van der Waals surface area (Å²) in [4.78, 5) is 21.0. The molecular formula is C19H26N4O. The van der Waals surface area contributed by atoms with Crippen LogP contribution >= 0.6 is 0 Å². The quantitative estimate of drug-likeness (QED) is 0.867. The van der Waals surface area contributed by atoms with Crippen molar-refractivity contribution < 1.29 is 4.79 Å². The lowest BCUT2D eigenvalue weighted by Gasteiger charge is -2.37. The first-order chi connectivity index (χ1) is 11.5. The Hall–Kier alpha value is -2.30. The normalized spacial score (nSPS) is 15.0. The van der Waals surface area contributed by atoms with E-state index >= 15 is 0 Å². The molecule has 0 aliphatic carbocycles. The van der Waals surface area contributed by atoms with Crippen LogP contribution in [0.25, 0.3) is 0 Å². The molecule has 0 radical (unpaired) electrons. The Bertz CT molecular complexity index is 714. The molecule has 1 aromatic heterocycles. The van der Waals surface area contributed by atoms with Gasteiger partial charge in [-0.2, -0.15) is 0 Å². The van der Waals surface area contributed by atoms with Gasteiger partial charge in [-0.1, -0.05) is 17.7 Å². The maximum atomic E-state index is 12.4. The van der Waals surface area contributed by atoms with E-state index in [-0.39, 0.29) is 5.91 Å². The minimum absolute atomic E-state index is 0.239. The molecule has 1 aliphatic heterocycles. The maximum absolute atomic E-state index is 12.4. The molecule has 0 bridgehead atoms. The first-order valence-electron chi connectivity index (χ1n) is 8.62. The first kappa shape index (κ1) is 16.6. The van der Waals surface area contributed by atoms with E-state index in [2.05, 4.69) is 41.9 Å². The van der Waals surface area contributed by atoms with Gasteiger partial charge in [0.25, 0.3) is 0 Å². The molecule has 1 aliphatic rings. The van der Waals surface area contributed by atoms with Crippen molar-refractivity contribution in [3.63, 3.8) is 0 Å². The van der Waals surface area contributed by atoms with Crippen LogP contribution in [0.5, 0.6) is 0 Å². The number of imidazole rings is 1. The number of carbonyl (C=O) groups is 1. The van der Waals surface area contributed by atoms with E-state index in [0.717, 1.165) is 32.0 Å². The second-order valence-corrected chi connectivity index (χ2v) is 6.58. The van der Waals surface area contributed by atoms with Crippen LogP contribution in [0.3, 0.4) is 0 Å². The van der Waals surface area contributed by atoms with E-state index < -0.39 is 0 Å². The number of amides is 1. The summed E-state index contributed by atoms with van der Waals surface area (Å²) in [6, 6.07) is 6.58. The number of carbonyl (C=O) groups excluding carboxylic acids is 1. The number of hydrogen-bond donors (Lipinski definition) is 0. The molecule has 2 heterocycles. The predicted molar refractivity (Wildman–Crippen MR) is 96.3 cm³/mol. The monoisotopic (exact) mass is 326 g/mol. The topological polar surface area (TPSA) is 41.4 Å². The van der Waals surface area contributed by atoms with Crippen molar-refractivity contribution >= 4 is 11.6 Å². The SMILES string of the molecule is Cc1ccc(N2CCN(C(=O)CCn3ccnc3C)CC2)c(C)c1. The number of piperazine rings is 1. The number of hydrogen-bond acceptors (Lipinski definition) is 3. The molecule has 0 N–H and O–H groups in total. The number of nitrogens with zero attached hydrogens (tertiary/aromatic N) is 4. The van der Waals surface area contributed by atoms with Crippen molar-refractivity contribution in [3.8, 4) is 0 Å². The fraction of sp³-hybridized carbons (Fsp3) is 0.474. The van der Waals surface area contributed by atoms with Crippen LogP contribution in [-0.4, -0.2) is 46.5 Å². The lowest BCUT2D eigenvalue weighted by Crippen LogP contribution is -2.49. The summed E-state index contributed by atoms with van der Waals surface area (Å²) in [7, 11) is 0. The molecule has 5 heteroatoms. The van der Waals surface area contributed by atoms with Gasteiger partial charge in [0.2, 0.25) is 5.91 Å². The number of aromatic nitrogens is 2. The number of aryl methyl sites for hydroxylation is 4. The zero-order valence-corrected chi connectivity index (χ0v) is 14.8. The van der Waals surface area contributed by atoms with Crippen molar-refractivity contribution in [1.82, 2.24) is 14.5 Å². The summed E-state index contributed by atoms with van der Waals surface area (Å²) in [5, 5.41) is 0. The van der Waals surface area contributed by atoms with Gasteiger partial charge >= 0.3 is 0 Å². The third-order valence-electron chi connectivity index (χ3n) is 4.82. The standard InChI is InChI=1S/C19H26N4O/c1-15-4-5-18(16(2)14-15)22-10-12-23(13-11-22)19(24)6-8-21-9-7-20-17(21)3/h4-5,7,9,14H,6,8,10-13H2,1-3H3. The molecule has 1 saturated heterocycles. The van der Waals surface area contributed by atoms with Crippen molar-refractivity contribution in [1.29, 1.82) is 0 Å². The fourth-order valence-electron chi connectivity index (χ4n) is 3.37. The Balaban J connectivity index is 1.53. The van der Waals surface area contributed by atoms with Gasteiger partial charge in [0.1, 0.15) is 5.82 Å². The fourth-order valence-corrected chi connectivity index (χ4v) is 3.37. The van der Waals surface area contributed by atoms with Crippen molar-refractivity contribution in [2.45, 2.75) is 33.7 Å². The van der Waals surface area contributed by atoms with Gasteiger partial charge in [-0.25, -0.2) is 4.98 Å². The average molecular weight is 326 g/mol. The smallest absolute Gasteiger partial charge is 0.224 e. The first-order valence-corrected chi connectivity index (χ1v) is 8.62. The van der Waals surface area contributed by atoms with Gasteiger partial charge in [-0.05, 0) is 32.4 Å². The van der Waals surface area contributed by atoms with E-state index in [9.17, 15) is 4.79 Å². The molecule has 5 nitrogen and oxygen atoms in total. The Labute approximate surface area is 143 Å². The second-order valence-electron chi connectivity index (χ2n) is 6.58. The van der Waals surface area contributed by atoms with E-state index in [4.69, 9.17) is 0 Å². The Morgan fingerprint density at radius 1 is 1.12 bits per heavy atom. The van der Waals surface area contributed by atoms with Gasteiger partial charge < -0.3 is 14.4 Å². The highest BCUT2D eigenvalue weighted by Gasteiger charge is 2.21. The van der Waals surface area contributed by atoms with Gasteiger partial charge in [0, 0.05) is 57.2 Å². The van der Waals surface area contributed by atoms with Crippen LogP contribution in [0.15, 0.2) is 30.6 Å². The molecule has 3 rings (SSSR count). The van der Waals surface area contributed by atoms with Crippen LogP contribution < -0.4 is 4.90 Å². The third kappa shape index (κ3) is 3.61. The number of rotatable bonds is 4. The lowest BCUT2D eigenvalue weighted by molar-refractivity contribution is -0.131. The van der Waals surface area contributed by atoms with Gasteiger partial charge in [0.05, 0.1) is 0 Å². The molecule has 1 amide bonds. The van der Waals surface area contributed by atoms with Crippen molar-refractivity contribution in [3.05, 3.63) is 47.5 Å². The van der Waals surface area contributed by atoms with Crippen LogP contribution in [0, 0.1) is 20.8 Å². The summed E-state index contributed by atoms with van der Waals surface area (Å²) in [6.45, 7) is 10.4. The Morgan fingerprint density at radius 2 is 1.88 bits per heavy atom. The summed E-state index contributed by atoms with van der Waals surface area (Å²) in [5.74, 6) is 1.20. The summed E-state index contributed by atoms with van der Waals surface area (Å²) in [5.41, 5.74) is 3.90. The summed E-state index contributed by atoms with van der Waals surface area (Å²) >= 11 is 0. The zero-order valence-electron chi connectivity index (χ0n) is 14.8. The minimum atomic E-state index is 0.239. The third-order valence-corrected chi connectivity index (χ3v) is 4.82. The lowest BCUT2D eigenvalue weighted by atomic mass is 10.1. The molecule has 0 saturated carbocycles. The minimum Gasteiger partial charge on any atom is -0.368 e. The Morgan fingerprint density at radius 3 is 2.50 bits per heavy atom. The molecule has 0 atom stereocenters. The Kier molecular flexibility index (Phi) is 4.88. The molecule has 128 valence electrons. The molecular weight excluding hydrogens is 300 g/mol. The molecule has 0 spiro atoms. The van der Waals surface area contributed by atoms with Crippen LogP contribution in [0.2, 0.25) is 0 Å². The van der Waals surface area contributed by atoms with E-state index in [0.29, 0.717) is 13.0 Å². The molecule has 1 aromatic carbocycles. The van der Waals surface area contributed by atoms with E-state index in [1.807, 2.05) is 22.6 Å². The summed E-state index contributed by atoms with van der Waals surface area (Å²) in [6.07, 6.45) is 4.25. The molecule has 2 aromatic rings. The maximum Gasteiger partial charge on any atom is 0.224 e. The van der Waals surface area contributed by atoms with Crippen LogP contribution in [0.4, 0.5) is 5.69 Å². The largest absolute Gasteiger partial charge is 0.368 e. The predicted octanol–water partition coefficient (Wildman–Crippen LogP) is 2.55.